The van der Waals surface area contributed by atoms with Crippen LogP contribution in [0.4, 0.5) is 0 Å². The largest absolute Gasteiger partial charge is 0.356 e. The zero-order valence-corrected chi connectivity index (χ0v) is 14.4. The van der Waals surface area contributed by atoms with Gasteiger partial charge >= 0.3 is 0 Å². The molecule has 2 aromatic heterocycles. The molecule has 3 aromatic rings. The standard InChI is InChI=1S/C17H17BrN4O/c1-12-8-16(23-20-12)15-5-3-2-4-13(15)9-21-10-14(11-21)22-7-6-17(18)19-22/h2-8,14H,9-11H2,1H3. The van der Waals surface area contributed by atoms with Crippen molar-refractivity contribution in [3.05, 3.63) is 58.5 Å². The highest BCUT2D eigenvalue weighted by Crippen LogP contribution is 2.29. The number of rotatable bonds is 4. The van der Waals surface area contributed by atoms with Crippen LogP contribution in [0.5, 0.6) is 0 Å². The minimum absolute atomic E-state index is 0.459. The van der Waals surface area contributed by atoms with Crippen molar-refractivity contribution in [1.82, 2.24) is 19.8 Å². The molecular formula is C17H17BrN4O. The second-order valence-electron chi connectivity index (χ2n) is 5.96. The molecule has 23 heavy (non-hydrogen) atoms. The Balaban J connectivity index is 1.46. The van der Waals surface area contributed by atoms with Crippen molar-refractivity contribution in [2.75, 3.05) is 13.1 Å². The molecular weight excluding hydrogens is 356 g/mol. The van der Waals surface area contributed by atoms with Crippen LogP contribution in [-0.2, 0) is 6.54 Å². The molecule has 0 saturated carbocycles. The topological polar surface area (TPSA) is 47.1 Å². The molecule has 0 unspecified atom stereocenters. The summed E-state index contributed by atoms with van der Waals surface area (Å²) in [6, 6.07) is 12.8. The van der Waals surface area contributed by atoms with E-state index >= 15 is 0 Å². The summed E-state index contributed by atoms with van der Waals surface area (Å²) in [7, 11) is 0. The molecule has 0 amide bonds. The first-order valence-electron chi connectivity index (χ1n) is 7.63. The minimum Gasteiger partial charge on any atom is -0.356 e. The molecule has 4 rings (SSSR count). The summed E-state index contributed by atoms with van der Waals surface area (Å²) in [5.74, 6) is 0.839. The summed E-state index contributed by atoms with van der Waals surface area (Å²) in [5, 5.41) is 8.42. The Hall–Kier alpha value is -1.92. The van der Waals surface area contributed by atoms with Gasteiger partial charge in [0.1, 0.15) is 4.60 Å². The molecule has 0 atom stereocenters. The van der Waals surface area contributed by atoms with Gasteiger partial charge in [-0.2, -0.15) is 5.10 Å². The maximum absolute atomic E-state index is 5.43. The van der Waals surface area contributed by atoms with Crippen LogP contribution in [0.3, 0.4) is 0 Å². The van der Waals surface area contributed by atoms with Gasteiger partial charge in [-0.3, -0.25) is 9.58 Å². The van der Waals surface area contributed by atoms with Crippen LogP contribution in [0.2, 0.25) is 0 Å². The van der Waals surface area contributed by atoms with E-state index in [9.17, 15) is 0 Å². The Kier molecular flexibility index (Phi) is 3.79. The van der Waals surface area contributed by atoms with Crippen LogP contribution in [0, 0.1) is 6.92 Å². The van der Waals surface area contributed by atoms with E-state index in [1.807, 2.05) is 36.0 Å². The number of halogens is 1. The number of aryl methyl sites for hydroxylation is 1. The van der Waals surface area contributed by atoms with E-state index in [0.717, 1.165) is 41.3 Å². The fraction of sp³-hybridized carbons (Fsp3) is 0.294. The smallest absolute Gasteiger partial charge is 0.167 e. The Labute approximate surface area is 143 Å². The van der Waals surface area contributed by atoms with Gasteiger partial charge in [-0.25, -0.2) is 0 Å². The molecule has 5 nitrogen and oxygen atoms in total. The number of hydrogen-bond donors (Lipinski definition) is 0. The number of hydrogen-bond acceptors (Lipinski definition) is 4. The quantitative estimate of drug-likeness (QED) is 0.700. The van der Waals surface area contributed by atoms with E-state index in [1.165, 1.54) is 5.56 Å². The molecule has 118 valence electrons. The first-order chi connectivity index (χ1) is 11.2. The van der Waals surface area contributed by atoms with E-state index < -0.39 is 0 Å². The predicted molar refractivity (Wildman–Crippen MR) is 90.9 cm³/mol. The predicted octanol–water partition coefficient (Wildman–Crippen LogP) is 3.67. The monoisotopic (exact) mass is 372 g/mol. The first kappa shape index (κ1) is 14.7. The highest BCUT2D eigenvalue weighted by atomic mass is 79.9. The Bertz CT molecular complexity index is 819. The zero-order chi connectivity index (χ0) is 15.8. The lowest BCUT2D eigenvalue weighted by Gasteiger charge is -2.39. The van der Waals surface area contributed by atoms with E-state index in [1.54, 1.807) is 0 Å². The molecule has 6 heteroatoms. The van der Waals surface area contributed by atoms with Crippen LogP contribution in [0.25, 0.3) is 11.3 Å². The van der Waals surface area contributed by atoms with Crippen LogP contribution >= 0.6 is 15.9 Å². The summed E-state index contributed by atoms with van der Waals surface area (Å²) < 4.78 is 8.35. The van der Waals surface area contributed by atoms with Crippen LogP contribution in [-0.4, -0.2) is 32.9 Å². The van der Waals surface area contributed by atoms with Crippen molar-refractivity contribution in [1.29, 1.82) is 0 Å². The zero-order valence-electron chi connectivity index (χ0n) is 12.8. The molecule has 1 saturated heterocycles. The van der Waals surface area contributed by atoms with Crippen molar-refractivity contribution in [2.24, 2.45) is 0 Å². The number of likely N-dealkylation sites (tertiary alicyclic amines) is 1. The van der Waals surface area contributed by atoms with Crippen LogP contribution < -0.4 is 0 Å². The lowest BCUT2D eigenvalue weighted by Crippen LogP contribution is -2.47. The van der Waals surface area contributed by atoms with Gasteiger partial charge in [-0.05, 0) is 34.5 Å². The van der Waals surface area contributed by atoms with Crippen molar-refractivity contribution in [3.63, 3.8) is 0 Å². The van der Waals surface area contributed by atoms with Gasteiger partial charge in [0.05, 0.1) is 11.7 Å². The summed E-state index contributed by atoms with van der Waals surface area (Å²) in [6.07, 6.45) is 2.03. The van der Waals surface area contributed by atoms with Crippen molar-refractivity contribution >= 4 is 15.9 Å². The third-order valence-corrected chi connectivity index (χ3v) is 4.62. The Morgan fingerprint density at radius 1 is 1.26 bits per heavy atom. The molecule has 1 aliphatic heterocycles. The summed E-state index contributed by atoms with van der Waals surface area (Å²) in [6.45, 7) is 4.88. The lowest BCUT2D eigenvalue weighted by molar-refractivity contribution is 0.0908. The second kappa shape index (κ2) is 5.94. The maximum atomic E-state index is 5.43. The van der Waals surface area contributed by atoms with Crippen molar-refractivity contribution in [2.45, 2.75) is 19.5 Å². The van der Waals surface area contributed by atoms with E-state index in [2.05, 4.69) is 49.3 Å². The number of nitrogens with zero attached hydrogens (tertiary/aromatic N) is 4. The average molecular weight is 373 g/mol. The van der Waals surface area contributed by atoms with Gasteiger partial charge in [0.25, 0.3) is 0 Å². The Morgan fingerprint density at radius 2 is 2.09 bits per heavy atom. The van der Waals surface area contributed by atoms with E-state index in [0.29, 0.717) is 6.04 Å². The first-order valence-corrected chi connectivity index (χ1v) is 8.43. The molecule has 0 spiro atoms. The Morgan fingerprint density at radius 3 is 2.78 bits per heavy atom. The van der Waals surface area contributed by atoms with Crippen LogP contribution in [0.1, 0.15) is 17.3 Å². The molecule has 3 heterocycles. The molecule has 1 aliphatic rings. The average Bonchev–Trinajstić information content (AvgIpc) is 3.11. The van der Waals surface area contributed by atoms with Crippen molar-refractivity contribution in [3.8, 4) is 11.3 Å². The highest BCUT2D eigenvalue weighted by molar-refractivity contribution is 9.10. The lowest BCUT2D eigenvalue weighted by atomic mass is 10.0. The fourth-order valence-electron chi connectivity index (χ4n) is 2.99. The van der Waals surface area contributed by atoms with Gasteiger partial charge in [0, 0.05) is 37.5 Å². The van der Waals surface area contributed by atoms with Gasteiger partial charge in [0.2, 0.25) is 0 Å². The van der Waals surface area contributed by atoms with Gasteiger partial charge in [-0.1, -0.05) is 29.4 Å². The molecule has 1 fully saturated rings. The van der Waals surface area contributed by atoms with E-state index in [4.69, 9.17) is 4.52 Å². The number of benzene rings is 1. The molecule has 0 radical (unpaired) electrons. The van der Waals surface area contributed by atoms with Gasteiger partial charge in [-0.15, -0.1) is 0 Å². The molecule has 0 N–H and O–H groups in total. The summed E-state index contributed by atoms with van der Waals surface area (Å²) in [5.41, 5.74) is 3.30. The normalized spacial score (nSPS) is 15.7. The second-order valence-corrected chi connectivity index (χ2v) is 6.77. The van der Waals surface area contributed by atoms with Gasteiger partial charge in [0.15, 0.2) is 5.76 Å². The number of aromatic nitrogens is 3. The van der Waals surface area contributed by atoms with Crippen LogP contribution in [0.15, 0.2) is 51.7 Å². The molecule has 0 bridgehead atoms. The SMILES string of the molecule is Cc1cc(-c2ccccc2CN2CC(n3ccc(Br)n3)C2)on1. The fourth-order valence-corrected chi connectivity index (χ4v) is 3.29. The maximum Gasteiger partial charge on any atom is 0.167 e. The minimum atomic E-state index is 0.459. The highest BCUT2D eigenvalue weighted by Gasteiger charge is 2.29. The molecule has 0 aliphatic carbocycles. The molecule has 1 aromatic carbocycles. The summed E-state index contributed by atoms with van der Waals surface area (Å²) in [4.78, 5) is 2.42. The van der Waals surface area contributed by atoms with E-state index in [-0.39, 0.29) is 0 Å². The van der Waals surface area contributed by atoms with Gasteiger partial charge < -0.3 is 4.52 Å². The third-order valence-electron chi connectivity index (χ3n) is 4.19. The summed E-state index contributed by atoms with van der Waals surface area (Å²) >= 11 is 3.40. The van der Waals surface area contributed by atoms with Crippen molar-refractivity contribution < 1.29 is 4.52 Å². The third kappa shape index (κ3) is 2.96.